The molecular weight excluding hydrogens is 278 g/mol. The lowest BCUT2D eigenvalue weighted by Crippen LogP contribution is -2.09. The van der Waals surface area contributed by atoms with Gasteiger partial charge in [-0.1, -0.05) is 6.92 Å². The fourth-order valence-corrected chi connectivity index (χ4v) is 2.65. The summed E-state index contributed by atoms with van der Waals surface area (Å²) in [5, 5.41) is 7.15. The van der Waals surface area contributed by atoms with E-state index in [2.05, 4.69) is 17.3 Å². The van der Waals surface area contributed by atoms with Crippen molar-refractivity contribution in [1.82, 2.24) is 9.78 Å². The van der Waals surface area contributed by atoms with E-state index < -0.39 is 0 Å². The van der Waals surface area contributed by atoms with E-state index >= 15 is 0 Å². The Morgan fingerprint density at radius 3 is 2.77 bits per heavy atom. The number of amides is 1. The van der Waals surface area contributed by atoms with Crippen molar-refractivity contribution >= 4 is 17.7 Å². The van der Waals surface area contributed by atoms with Gasteiger partial charge in [-0.3, -0.25) is 9.48 Å². The van der Waals surface area contributed by atoms with Gasteiger partial charge in [0.05, 0.1) is 17.1 Å². The van der Waals surface area contributed by atoms with Gasteiger partial charge in [0, 0.05) is 19.0 Å². The normalized spacial score (nSPS) is 20.5. The molecule has 0 spiro atoms. The number of carbonyl (C=O) groups is 1. The van der Waals surface area contributed by atoms with Gasteiger partial charge in [-0.05, 0) is 44.4 Å². The molecule has 3 rings (SSSR count). The first kappa shape index (κ1) is 14.6. The fraction of sp³-hybridized carbons (Fsp3) is 0.412. The standard InChI is InChI=1S/C17H21N3O2/c1-10-9-14(10)15-7-5-13(22-15)6-8-16(21)18-17-11(2)19-20(4)12(17)3/h5-8,10,14H,9H2,1-4H3,(H,18,21). The molecule has 0 bridgehead atoms. The van der Waals surface area contributed by atoms with Crippen LogP contribution >= 0.6 is 0 Å². The second-order valence-electron chi connectivity index (χ2n) is 6.05. The second-order valence-corrected chi connectivity index (χ2v) is 6.05. The Kier molecular flexibility index (Phi) is 3.64. The van der Waals surface area contributed by atoms with Gasteiger partial charge in [-0.15, -0.1) is 0 Å². The smallest absolute Gasteiger partial charge is 0.248 e. The van der Waals surface area contributed by atoms with Gasteiger partial charge >= 0.3 is 0 Å². The van der Waals surface area contributed by atoms with Crippen LogP contribution in [0.15, 0.2) is 22.6 Å². The van der Waals surface area contributed by atoms with E-state index in [1.54, 1.807) is 10.8 Å². The summed E-state index contributed by atoms with van der Waals surface area (Å²) in [5.74, 6) is 2.81. The van der Waals surface area contributed by atoms with Crippen molar-refractivity contribution in [3.05, 3.63) is 41.1 Å². The number of aromatic nitrogens is 2. The summed E-state index contributed by atoms with van der Waals surface area (Å²) < 4.78 is 7.50. The van der Waals surface area contributed by atoms with Crippen LogP contribution in [0, 0.1) is 19.8 Å². The summed E-state index contributed by atoms with van der Waals surface area (Å²) in [6.45, 7) is 6.02. The fourth-order valence-electron chi connectivity index (χ4n) is 2.65. The molecule has 5 nitrogen and oxygen atoms in total. The molecule has 1 aliphatic rings. The van der Waals surface area contributed by atoms with Crippen molar-refractivity contribution in [3.63, 3.8) is 0 Å². The Hall–Kier alpha value is -2.30. The molecule has 0 aromatic carbocycles. The number of aryl methyl sites for hydroxylation is 2. The Balaban J connectivity index is 1.65. The van der Waals surface area contributed by atoms with E-state index in [1.807, 2.05) is 33.0 Å². The van der Waals surface area contributed by atoms with Gasteiger partial charge < -0.3 is 9.73 Å². The van der Waals surface area contributed by atoms with Crippen molar-refractivity contribution in [3.8, 4) is 0 Å². The lowest BCUT2D eigenvalue weighted by Gasteiger charge is -2.02. The van der Waals surface area contributed by atoms with Gasteiger partial charge in [0.1, 0.15) is 11.5 Å². The van der Waals surface area contributed by atoms with Crippen LogP contribution in [0.4, 0.5) is 5.69 Å². The molecule has 2 aromatic heterocycles. The molecule has 0 saturated heterocycles. The molecule has 22 heavy (non-hydrogen) atoms. The Bertz CT molecular complexity index is 739. The van der Waals surface area contributed by atoms with Crippen LogP contribution in [-0.2, 0) is 11.8 Å². The monoisotopic (exact) mass is 299 g/mol. The summed E-state index contributed by atoms with van der Waals surface area (Å²) >= 11 is 0. The molecule has 1 N–H and O–H groups in total. The largest absolute Gasteiger partial charge is 0.461 e. The zero-order chi connectivity index (χ0) is 15.9. The van der Waals surface area contributed by atoms with E-state index in [9.17, 15) is 4.79 Å². The van der Waals surface area contributed by atoms with Crippen LogP contribution in [0.2, 0.25) is 0 Å². The van der Waals surface area contributed by atoms with Crippen molar-refractivity contribution < 1.29 is 9.21 Å². The summed E-state index contributed by atoms with van der Waals surface area (Å²) in [7, 11) is 1.86. The van der Waals surface area contributed by atoms with Gasteiger partial charge in [0.25, 0.3) is 0 Å². The maximum atomic E-state index is 12.0. The third-order valence-corrected chi connectivity index (χ3v) is 4.28. The summed E-state index contributed by atoms with van der Waals surface area (Å²) in [6, 6.07) is 3.91. The molecule has 1 amide bonds. The number of hydrogen-bond donors (Lipinski definition) is 1. The first-order valence-electron chi connectivity index (χ1n) is 7.54. The molecule has 2 heterocycles. The second kappa shape index (κ2) is 5.48. The Labute approximate surface area is 130 Å². The first-order valence-corrected chi connectivity index (χ1v) is 7.54. The number of anilines is 1. The summed E-state index contributed by atoms with van der Waals surface area (Å²) in [5.41, 5.74) is 2.51. The molecule has 0 radical (unpaired) electrons. The van der Waals surface area contributed by atoms with E-state index in [0.29, 0.717) is 17.6 Å². The third kappa shape index (κ3) is 2.84. The van der Waals surface area contributed by atoms with E-state index in [-0.39, 0.29) is 5.91 Å². The SMILES string of the molecule is Cc1nn(C)c(C)c1NC(=O)C=Cc1ccc(C2CC2C)o1. The van der Waals surface area contributed by atoms with Crippen LogP contribution in [-0.4, -0.2) is 15.7 Å². The highest BCUT2D eigenvalue weighted by atomic mass is 16.3. The topological polar surface area (TPSA) is 60.1 Å². The molecule has 2 atom stereocenters. The molecule has 116 valence electrons. The van der Waals surface area contributed by atoms with Gasteiger partial charge in [-0.25, -0.2) is 0 Å². The molecule has 1 fully saturated rings. The van der Waals surface area contributed by atoms with Crippen LogP contribution in [0.5, 0.6) is 0 Å². The zero-order valence-corrected chi connectivity index (χ0v) is 13.4. The number of nitrogens with zero attached hydrogens (tertiary/aromatic N) is 2. The molecule has 0 aliphatic heterocycles. The van der Waals surface area contributed by atoms with E-state index in [1.165, 1.54) is 12.5 Å². The molecule has 2 aromatic rings. The number of carbonyl (C=O) groups excluding carboxylic acids is 1. The van der Waals surface area contributed by atoms with Gasteiger partial charge in [0.2, 0.25) is 5.91 Å². The molecule has 5 heteroatoms. The highest BCUT2D eigenvalue weighted by Gasteiger charge is 2.36. The van der Waals surface area contributed by atoms with Crippen LogP contribution in [0.3, 0.4) is 0 Å². The third-order valence-electron chi connectivity index (χ3n) is 4.28. The Morgan fingerprint density at radius 1 is 1.45 bits per heavy atom. The van der Waals surface area contributed by atoms with Gasteiger partial charge in [-0.2, -0.15) is 5.10 Å². The quantitative estimate of drug-likeness (QED) is 0.880. The molecule has 2 unspecified atom stereocenters. The zero-order valence-electron chi connectivity index (χ0n) is 13.4. The lowest BCUT2D eigenvalue weighted by molar-refractivity contribution is -0.111. The van der Waals surface area contributed by atoms with Crippen LogP contribution in [0.1, 0.15) is 42.2 Å². The van der Waals surface area contributed by atoms with Crippen LogP contribution < -0.4 is 5.32 Å². The minimum Gasteiger partial charge on any atom is -0.461 e. The predicted octanol–water partition coefficient (Wildman–Crippen LogP) is 3.41. The van der Waals surface area contributed by atoms with Crippen LogP contribution in [0.25, 0.3) is 6.08 Å². The molecular formula is C17H21N3O2. The number of furan rings is 1. The lowest BCUT2D eigenvalue weighted by atomic mass is 10.3. The average Bonchev–Trinajstić information content (AvgIpc) is 2.93. The highest BCUT2D eigenvalue weighted by molar-refractivity contribution is 6.02. The predicted molar refractivity (Wildman–Crippen MR) is 85.6 cm³/mol. The van der Waals surface area contributed by atoms with Crippen molar-refractivity contribution in [1.29, 1.82) is 0 Å². The maximum absolute atomic E-state index is 12.0. The number of nitrogens with one attached hydrogen (secondary N) is 1. The highest BCUT2D eigenvalue weighted by Crippen LogP contribution is 2.47. The summed E-state index contributed by atoms with van der Waals surface area (Å²) in [6.07, 6.45) is 4.38. The Morgan fingerprint density at radius 2 is 2.18 bits per heavy atom. The van der Waals surface area contributed by atoms with E-state index in [0.717, 1.165) is 22.8 Å². The number of hydrogen-bond acceptors (Lipinski definition) is 3. The van der Waals surface area contributed by atoms with E-state index in [4.69, 9.17) is 4.42 Å². The van der Waals surface area contributed by atoms with Crippen molar-refractivity contribution in [2.75, 3.05) is 5.32 Å². The van der Waals surface area contributed by atoms with Crippen molar-refractivity contribution in [2.24, 2.45) is 13.0 Å². The minimum atomic E-state index is -0.183. The average molecular weight is 299 g/mol. The molecule has 1 saturated carbocycles. The van der Waals surface area contributed by atoms with Crippen molar-refractivity contribution in [2.45, 2.75) is 33.1 Å². The molecule has 1 aliphatic carbocycles. The maximum Gasteiger partial charge on any atom is 0.248 e. The summed E-state index contributed by atoms with van der Waals surface area (Å²) in [4.78, 5) is 12.0. The minimum absolute atomic E-state index is 0.183. The van der Waals surface area contributed by atoms with Gasteiger partial charge in [0.15, 0.2) is 0 Å². The first-order chi connectivity index (χ1) is 10.5. The number of rotatable bonds is 4.